The molecule has 0 radical (unpaired) electrons. The van der Waals surface area contributed by atoms with E-state index in [1.165, 1.54) is 6.42 Å². The van der Waals surface area contributed by atoms with Crippen molar-refractivity contribution in [2.75, 3.05) is 6.61 Å². The van der Waals surface area contributed by atoms with Gasteiger partial charge >= 0.3 is 0 Å². The van der Waals surface area contributed by atoms with Gasteiger partial charge in [0.05, 0.1) is 6.61 Å². The molecule has 2 heteroatoms. The summed E-state index contributed by atoms with van der Waals surface area (Å²) in [5.41, 5.74) is 0. The highest BCUT2D eigenvalue weighted by molar-refractivity contribution is 4.83. The van der Waals surface area contributed by atoms with E-state index in [4.69, 9.17) is 4.74 Å². The van der Waals surface area contributed by atoms with Crippen LogP contribution in [0.5, 0.6) is 0 Å². The lowest BCUT2D eigenvalue weighted by Crippen LogP contribution is -2.11. The van der Waals surface area contributed by atoms with E-state index in [1.807, 2.05) is 18.2 Å². The van der Waals surface area contributed by atoms with Gasteiger partial charge in [0.15, 0.2) is 6.29 Å². The number of hydrogen-bond donors (Lipinski definition) is 1. The van der Waals surface area contributed by atoms with E-state index in [0.717, 1.165) is 51.4 Å². The molecule has 1 N–H and O–H groups in total. The molecule has 1 unspecified atom stereocenters. The van der Waals surface area contributed by atoms with Crippen molar-refractivity contribution >= 4 is 0 Å². The molecule has 126 valence electrons. The van der Waals surface area contributed by atoms with Gasteiger partial charge in [0, 0.05) is 0 Å². The molecule has 0 spiro atoms. The average Bonchev–Trinajstić information content (AvgIpc) is 2.52. The van der Waals surface area contributed by atoms with Crippen LogP contribution in [0, 0.1) is 0 Å². The molecule has 0 bridgehead atoms. The monoisotopic (exact) mass is 306 g/mol. The summed E-state index contributed by atoms with van der Waals surface area (Å²) in [6.45, 7) is 7.90. The van der Waals surface area contributed by atoms with Crippen molar-refractivity contribution < 1.29 is 9.84 Å². The summed E-state index contributed by atoms with van der Waals surface area (Å²) in [6, 6.07) is 0. The molecule has 0 amide bonds. The second kappa shape index (κ2) is 17.9. The van der Waals surface area contributed by atoms with E-state index in [0.29, 0.717) is 13.0 Å². The van der Waals surface area contributed by atoms with Gasteiger partial charge in [0.25, 0.3) is 0 Å². The van der Waals surface area contributed by atoms with Gasteiger partial charge in [-0.15, -0.1) is 13.2 Å². The normalized spacial score (nSPS) is 13.0. The Morgan fingerprint density at radius 2 is 1.27 bits per heavy atom. The number of aliphatic hydroxyl groups is 1. The third kappa shape index (κ3) is 16.9. The highest BCUT2D eigenvalue weighted by Gasteiger charge is 2.01. The molecule has 0 aromatic heterocycles. The van der Waals surface area contributed by atoms with E-state index >= 15 is 0 Å². The van der Waals surface area contributed by atoms with Crippen molar-refractivity contribution in [2.24, 2.45) is 0 Å². The minimum atomic E-state index is -0.630. The van der Waals surface area contributed by atoms with Crippen LogP contribution in [0.15, 0.2) is 49.6 Å². The summed E-state index contributed by atoms with van der Waals surface area (Å²) in [7, 11) is 0. The van der Waals surface area contributed by atoms with Crippen molar-refractivity contribution in [3.8, 4) is 0 Å². The second-order valence-electron chi connectivity index (χ2n) is 5.45. The first-order valence-corrected chi connectivity index (χ1v) is 8.62. The van der Waals surface area contributed by atoms with Crippen molar-refractivity contribution in [1.29, 1.82) is 0 Å². The molecule has 0 saturated carbocycles. The van der Waals surface area contributed by atoms with Crippen LogP contribution in [0.4, 0.5) is 0 Å². The van der Waals surface area contributed by atoms with Crippen LogP contribution >= 0.6 is 0 Å². The summed E-state index contributed by atoms with van der Waals surface area (Å²) in [4.78, 5) is 0. The Morgan fingerprint density at radius 1 is 0.727 bits per heavy atom. The third-order valence-corrected chi connectivity index (χ3v) is 3.35. The van der Waals surface area contributed by atoms with Gasteiger partial charge in [-0.1, -0.05) is 36.5 Å². The first-order chi connectivity index (χ1) is 10.8. The number of allylic oxidation sites excluding steroid dienone is 5. The Kier molecular flexibility index (Phi) is 17.0. The molecule has 0 aliphatic carbocycles. The van der Waals surface area contributed by atoms with E-state index in [9.17, 15) is 5.11 Å². The minimum Gasteiger partial charge on any atom is -0.368 e. The maximum atomic E-state index is 9.69. The number of ether oxygens (including phenoxy) is 1. The molecule has 0 saturated heterocycles. The molecule has 0 fully saturated rings. The van der Waals surface area contributed by atoms with Crippen molar-refractivity contribution in [1.82, 2.24) is 0 Å². The fourth-order valence-electron chi connectivity index (χ4n) is 2.01. The molecule has 0 aliphatic rings. The maximum Gasteiger partial charge on any atom is 0.154 e. The van der Waals surface area contributed by atoms with Crippen molar-refractivity contribution in [3.05, 3.63) is 49.6 Å². The first-order valence-electron chi connectivity index (χ1n) is 8.62. The molecule has 0 aromatic rings. The Balaban J connectivity index is 3.33. The summed E-state index contributed by atoms with van der Waals surface area (Å²) >= 11 is 0. The lowest BCUT2D eigenvalue weighted by molar-refractivity contribution is -0.0937. The molecule has 0 aromatic carbocycles. The zero-order valence-electron chi connectivity index (χ0n) is 14.1. The van der Waals surface area contributed by atoms with Crippen LogP contribution in [-0.2, 0) is 4.74 Å². The fraction of sp³-hybridized carbons (Fsp3) is 0.600. The quantitative estimate of drug-likeness (QED) is 0.225. The number of hydrogen-bond acceptors (Lipinski definition) is 2. The Hall–Kier alpha value is -1.12. The number of unbranched alkanes of at least 4 members (excludes halogenated alkanes) is 6. The molecule has 0 rings (SSSR count). The van der Waals surface area contributed by atoms with Crippen LogP contribution in [0.1, 0.15) is 64.2 Å². The van der Waals surface area contributed by atoms with E-state index in [1.54, 1.807) is 0 Å². The van der Waals surface area contributed by atoms with Crippen LogP contribution in [0.25, 0.3) is 0 Å². The lowest BCUT2D eigenvalue weighted by atomic mass is 10.1. The SMILES string of the molecule is C=CCCC/C=C/CCCCC(O)OC/C=C/CCCC=C. The summed E-state index contributed by atoms with van der Waals surface area (Å²) < 4.78 is 5.34. The lowest BCUT2D eigenvalue weighted by Gasteiger charge is -2.09. The summed E-state index contributed by atoms with van der Waals surface area (Å²) in [6.07, 6.45) is 22.4. The number of rotatable bonds is 16. The smallest absolute Gasteiger partial charge is 0.154 e. The van der Waals surface area contributed by atoms with Crippen LogP contribution in [0.2, 0.25) is 0 Å². The molecule has 1 atom stereocenters. The van der Waals surface area contributed by atoms with Gasteiger partial charge in [-0.3, -0.25) is 0 Å². The van der Waals surface area contributed by atoms with Crippen molar-refractivity contribution in [3.63, 3.8) is 0 Å². The standard InChI is InChI=1S/C20H34O2/c1-3-5-7-9-11-12-13-14-16-18-20(21)22-19-17-15-10-8-6-4-2/h3-4,11-12,15,17,20-21H,1-2,5-10,13-14,16,18-19H2/b12-11+,17-15+. The molecule has 22 heavy (non-hydrogen) atoms. The Bertz CT molecular complexity index is 305. The number of aliphatic hydroxyl groups excluding tert-OH is 1. The van der Waals surface area contributed by atoms with Crippen LogP contribution < -0.4 is 0 Å². The van der Waals surface area contributed by atoms with Gasteiger partial charge < -0.3 is 9.84 Å². The first kappa shape index (κ1) is 20.9. The Morgan fingerprint density at radius 3 is 1.86 bits per heavy atom. The van der Waals surface area contributed by atoms with Crippen molar-refractivity contribution in [2.45, 2.75) is 70.5 Å². The predicted octanol–water partition coefficient (Wildman–Crippen LogP) is 5.71. The molecule has 2 nitrogen and oxygen atoms in total. The van der Waals surface area contributed by atoms with Crippen LogP contribution in [0.3, 0.4) is 0 Å². The van der Waals surface area contributed by atoms with Gasteiger partial charge in [0.2, 0.25) is 0 Å². The average molecular weight is 306 g/mol. The van der Waals surface area contributed by atoms with Gasteiger partial charge in [-0.05, 0) is 64.2 Å². The maximum absolute atomic E-state index is 9.69. The van der Waals surface area contributed by atoms with Gasteiger partial charge in [-0.25, -0.2) is 0 Å². The second-order valence-corrected chi connectivity index (χ2v) is 5.45. The predicted molar refractivity (Wildman–Crippen MR) is 96.8 cm³/mol. The Labute approximate surface area is 137 Å². The zero-order valence-corrected chi connectivity index (χ0v) is 14.1. The topological polar surface area (TPSA) is 29.5 Å². The summed E-state index contributed by atoms with van der Waals surface area (Å²) in [5.74, 6) is 0. The zero-order chi connectivity index (χ0) is 16.3. The van der Waals surface area contributed by atoms with E-state index in [-0.39, 0.29) is 0 Å². The van der Waals surface area contributed by atoms with Gasteiger partial charge in [-0.2, -0.15) is 0 Å². The molecule has 0 aliphatic heterocycles. The summed E-state index contributed by atoms with van der Waals surface area (Å²) in [5, 5.41) is 9.69. The highest BCUT2D eigenvalue weighted by atomic mass is 16.6. The molecular formula is C20H34O2. The molecule has 0 heterocycles. The minimum absolute atomic E-state index is 0.498. The largest absolute Gasteiger partial charge is 0.368 e. The third-order valence-electron chi connectivity index (χ3n) is 3.35. The van der Waals surface area contributed by atoms with Crippen LogP contribution in [-0.4, -0.2) is 18.0 Å². The molecular weight excluding hydrogens is 272 g/mol. The van der Waals surface area contributed by atoms with E-state index in [2.05, 4.69) is 31.4 Å². The fourth-order valence-corrected chi connectivity index (χ4v) is 2.01. The van der Waals surface area contributed by atoms with E-state index < -0.39 is 6.29 Å². The van der Waals surface area contributed by atoms with Gasteiger partial charge in [0.1, 0.15) is 0 Å². The highest BCUT2D eigenvalue weighted by Crippen LogP contribution is 2.07.